The summed E-state index contributed by atoms with van der Waals surface area (Å²) in [7, 11) is 0. The molecule has 3 aromatic rings. The van der Waals surface area contributed by atoms with Gasteiger partial charge in [0.1, 0.15) is 11.9 Å². The number of H-pyrrole nitrogens is 1. The molecule has 4 N–H and O–H groups in total. The Balaban J connectivity index is 1.38. The van der Waals surface area contributed by atoms with Gasteiger partial charge in [-0.1, -0.05) is 12.1 Å². The van der Waals surface area contributed by atoms with Crippen molar-refractivity contribution in [2.24, 2.45) is 0 Å². The molecule has 3 heterocycles. The van der Waals surface area contributed by atoms with Crippen molar-refractivity contribution in [2.45, 2.75) is 52.6 Å². The van der Waals surface area contributed by atoms with Crippen molar-refractivity contribution in [3.05, 3.63) is 81.9 Å². The lowest BCUT2D eigenvalue weighted by atomic mass is 10.0. The number of rotatable bonds is 6. The molecule has 0 unspecified atom stereocenters. The first-order chi connectivity index (χ1) is 19.5. The second-order valence-corrected chi connectivity index (χ2v) is 10.5. The van der Waals surface area contributed by atoms with E-state index in [1.54, 1.807) is 41.3 Å². The summed E-state index contributed by atoms with van der Waals surface area (Å²) in [6, 6.07) is 10.1. The van der Waals surface area contributed by atoms with Crippen molar-refractivity contribution >= 4 is 46.7 Å². The molecule has 9 nitrogen and oxygen atoms in total. The van der Waals surface area contributed by atoms with Gasteiger partial charge < -0.3 is 25.8 Å². The molecule has 212 valence electrons. The van der Waals surface area contributed by atoms with E-state index in [0.29, 0.717) is 46.7 Å². The number of likely N-dealkylation sites (tertiary alicyclic amines) is 1. The summed E-state index contributed by atoms with van der Waals surface area (Å²) in [5, 5.41) is 8.72. The van der Waals surface area contributed by atoms with E-state index in [1.165, 1.54) is 19.1 Å². The van der Waals surface area contributed by atoms with Gasteiger partial charge in [-0.2, -0.15) is 0 Å². The number of hydrogen-bond acceptors (Lipinski definition) is 4. The first kappa shape index (κ1) is 27.8. The van der Waals surface area contributed by atoms with Gasteiger partial charge in [0.05, 0.1) is 17.3 Å². The number of aromatic amines is 1. The maximum atomic E-state index is 13.3. The molecule has 1 fully saturated rings. The Kier molecular flexibility index (Phi) is 7.49. The second-order valence-electron chi connectivity index (χ2n) is 10.5. The van der Waals surface area contributed by atoms with Crippen molar-refractivity contribution in [1.29, 1.82) is 0 Å². The zero-order valence-corrected chi connectivity index (χ0v) is 23.4. The third-order valence-electron chi connectivity index (χ3n) is 7.76. The number of benzene rings is 2. The van der Waals surface area contributed by atoms with Crippen LogP contribution in [0.3, 0.4) is 0 Å². The average Bonchev–Trinajstić information content (AvgIpc) is 3.62. The number of fused-ring (bicyclic) bond motifs is 1. The Morgan fingerprint density at radius 1 is 1.12 bits per heavy atom. The highest BCUT2D eigenvalue weighted by Crippen LogP contribution is 2.36. The number of nitrogens with one attached hydrogen (secondary N) is 4. The van der Waals surface area contributed by atoms with E-state index in [1.807, 2.05) is 20.8 Å². The van der Waals surface area contributed by atoms with Gasteiger partial charge in [0, 0.05) is 41.7 Å². The molecule has 0 aliphatic carbocycles. The highest BCUT2D eigenvalue weighted by molar-refractivity contribution is 6.35. The van der Waals surface area contributed by atoms with Gasteiger partial charge in [-0.05, 0) is 81.1 Å². The Morgan fingerprint density at radius 3 is 2.56 bits per heavy atom. The van der Waals surface area contributed by atoms with E-state index in [0.717, 1.165) is 23.2 Å². The summed E-state index contributed by atoms with van der Waals surface area (Å²) in [6.45, 7) is 7.52. The largest absolute Gasteiger partial charge is 0.357 e. The topological polar surface area (TPSA) is 123 Å². The predicted octanol–water partition coefficient (Wildman–Crippen LogP) is 4.70. The van der Waals surface area contributed by atoms with E-state index < -0.39 is 6.04 Å². The van der Waals surface area contributed by atoms with Crippen LogP contribution in [0.4, 0.5) is 15.8 Å². The van der Waals surface area contributed by atoms with Gasteiger partial charge in [-0.3, -0.25) is 19.2 Å². The maximum Gasteiger partial charge on any atom is 0.256 e. The summed E-state index contributed by atoms with van der Waals surface area (Å²) in [6.07, 6.45) is 3.10. The number of halogens is 1. The second kappa shape index (κ2) is 11.0. The number of carbonyl (C=O) groups is 4. The number of carbonyl (C=O) groups excluding carboxylic acids is 4. The van der Waals surface area contributed by atoms with Crippen LogP contribution in [0.25, 0.3) is 11.6 Å². The molecule has 2 aliphatic rings. The fourth-order valence-corrected chi connectivity index (χ4v) is 5.46. The van der Waals surface area contributed by atoms with Gasteiger partial charge in [0.25, 0.3) is 11.8 Å². The van der Waals surface area contributed by atoms with Crippen LogP contribution in [0, 0.1) is 19.7 Å². The van der Waals surface area contributed by atoms with Crippen LogP contribution in [0.1, 0.15) is 71.2 Å². The number of aromatic nitrogens is 1. The van der Waals surface area contributed by atoms with Crippen molar-refractivity contribution in [1.82, 2.24) is 15.2 Å². The van der Waals surface area contributed by atoms with Gasteiger partial charge in [0.2, 0.25) is 11.8 Å². The Morgan fingerprint density at radius 2 is 1.85 bits per heavy atom. The fraction of sp³-hybridized carbons (Fsp3) is 0.290. The van der Waals surface area contributed by atoms with E-state index >= 15 is 0 Å². The maximum absolute atomic E-state index is 13.3. The van der Waals surface area contributed by atoms with Crippen LogP contribution < -0.4 is 16.0 Å². The molecule has 0 saturated carbocycles. The molecule has 0 bridgehead atoms. The summed E-state index contributed by atoms with van der Waals surface area (Å²) in [4.78, 5) is 55.8. The average molecular weight is 558 g/mol. The smallest absolute Gasteiger partial charge is 0.256 e. The minimum atomic E-state index is -0.508. The molecule has 1 saturated heterocycles. The predicted molar refractivity (Wildman–Crippen MR) is 155 cm³/mol. The van der Waals surface area contributed by atoms with Crippen molar-refractivity contribution in [3.8, 4) is 0 Å². The van der Waals surface area contributed by atoms with Gasteiger partial charge >= 0.3 is 0 Å². The lowest BCUT2D eigenvalue weighted by Gasteiger charge is -2.22. The number of nitrogens with zero attached hydrogens (tertiary/aromatic N) is 1. The van der Waals surface area contributed by atoms with Crippen LogP contribution >= 0.6 is 0 Å². The SMILES string of the molecule is CC(=O)N1CCC[C@@H]1C(=O)Nc1c(C)[nH]c(/C=C2\C(=O)Nc3ccc(C(=O)N[C@H](C)c4ccc(F)cc4)cc32)c1C. The quantitative estimate of drug-likeness (QED) is 0.328. The van der Waals surface area contributed by atoms with Gasteiger partial charge in [-0.25, -0.2) is 4.39 Å². The summed E-state index contributed by atoms with van der Waals surface area (Å²) >= 11 is 0. The minimum Gasteiger partial charge on any atom is -0.357 e. The lowest BCUT2D eigenvalue weighted by Crippen LogP contribution is -2.42. The number of hydrogen-bond donors (Lipinski definition) is 4. The van der Waals surface area contributed by atoms with Gasteiger partial charge in [-0.15, -0.1) is 0 Å². The lowest BCUT2D eigenvalue weighted by molar-refractivity contribution is -0.134. The number of amides is 4. The van der Waals surface area contributed by atoms with Crippen molar-refractivity contribution in [2.75, 3.05) is 17.2 Å². The molecule has 5 rings (SSSR count). The van der Waals surface area contributed by atoms with Crippen LogP contribution in [0.5, 0.6) is 0 Å². The van der Waals surface area contributed by atoms with Crippen LogP contribution in [-0.4, -0.2) is 46.1 Å². The summed E-state index contributed by atoms with van der Waals surface area (Å²) < 4.78 is 13.3. The third-order valence-corrected chi connectivity index (χ3v) is 7.76. The molecule has 1 aromatic heterocycles. The molecular weight excluding hydrogens is 525 g/mol. The van der Waals surface area contributed by atoms with Crippen molar-refractivity contribution in [3.63, 3.8) is 0 Å². The van der Waals surface area contributed by atoms with E-state index in [4.69, 9.17) is 0 Å². The van der Waals surface area contributed by atoms with Crippen molar-refractivity contribution < 1.29 is 23.6 Å². The van der Waals surface area contributed by atoms with Gasteiger partial charge in [0.15, 0.2) is 0 Å². The highest BCUT2D eigenvalue weighted by atomic mass is 19.1. The molecule has 2 aromatic carbocycles. The minimum absolute atomic E-state index is 0.126. The first-order valence-corrected chi connectivity index (χ1v) is 13.5. The Bertz CT molecular complexity index is 1590. The number of aryl methyl sites for hydroxylation is 1. The van der Waals surface area contributed by atoms with E-state index in [2.05, 4.69) is 20.9 Å². The van der Waals surface area contributed by atoms with E-state index in [-0.39, 0.29) is 35.5 Å². The molecular formula is C31H32FN5O4. The molecule has 2 aliphatic heterocycles. The monoisotopic (exact) mass is 557 g/mol. The Hall–Kier alpha value is -4.73. The van der Waals surface area contributed by atoms with E-state index in [9.17, 15) is 23.6 Å². The first-order valence-electron chi connectivity index (χ1n) is 13.5. The van der Waals surface area contributed by atoms with Crippen LogP contribution in [0.15, 0.2) is 42.5 Å². The molecule has 4 amide bonds. The normalized spacial score (nSPS) is 17.8. The fourth-order valence-electron chi connectivity index (χ4n) is 5.46. The zero-order valence-electron chi connectivity index (χ0n) is 23.4. The summed E-state index contributed by atoms with van der Waals surface area (Å²) in [5.74, 6) is -1.35. The standard InChI is InChI=1S/C31H32FN5O4/c1-16-26(33-18(3)28(16)36-31(41)27-6-5-13-37(27)19(4)38)15-24-23-14-21(9-12-25(23)35-30(24)40)29(39)34-17(2)20-7-10-22(32)11-8-20/h7-12,14-15,17,27,33H,5-6,13H2,1-4H3,(H,34,39)(H,35,40)(H,36,41)/b24-15-/t17-,27-/m1/s1. The van der Waals surface area contributed by atoms with Crippen LogP contribution in [0.2, 0.25) is 0 Å². The Labute approximate surface area is 237 Å². The summed E-state index contributed by atoms with van der Waals surface area (Å²) in [5.41, 5.74) is 5.41. The molecule has 41 heavy (non-hydrogen) atoms. The zero-order chi connectivity index (χ0) is 29.4. The highest BCUT2D eigenvalue weighted by Gasteiger charge is 2.33. The van der Waals surface area contributed by atoms with Crippen LogP contribution in [-0.2, 0) is 14.4 Å². The number of anilines is 2. The third kappa shape index (κ3) is 5.50. The molecule has 0 radical (unpaired) electrons. The molecule has 10 heteroatoms. The molecule has 0 spiro atoms. The molecule has 2 atom stereocenters.